The summed E-state index contributed by atoms with van der Waals surface area (Å²) in [5.74, 6) is 0. The molecule has 0 fully saturated rings. The van der Waals surface area contributed by atoms with Crippen molar-refractivity contribution in [3.8, 4) is 0 Å². The Morgan fingerprint density at radius 1 is 0.955 bits per heavy atom. The second-order valence-electron chi connectivity index (χ2n) is 5.60. The van der Waals surface area contributed by atoms with Gasteiger partial charge < -0.3 is 10.3 Å². The Morgan fingerprint density at radius 2 is 1.68 bits per heavy atom. The van der Waals surface area contributed by atoms with Crippen molar-refractivity contribution in [1.29, 1.82) is 0 Å². The molecular formula is C18H18Br2N2. The highest BCUT2D eigenvalue weighted by molar-refractivity contribution is 9.10. The molecule has 2 aromatic carbocycles. The first kappa shape index (κ1) is 15.6. The van der Waals surface area contributed by atoms with Gasteiger partial charge in [0.1, 0.15) is 0 Å². The average Bonchev–Trinajstić information content (AvgIpc) is 3.09. The van der Waals surface area contributed by atoms with Crippen molar-refractivity contribution in [3.63, 3.8) is 0 Å². The molecule has 0 atom stereocenters. The molecule has 1 aliphatic rings. The lowest BCUT2D eigenvalue weighted by Gasteiger charge is -2.02. The number of hydrogen-bond donors (Lipinski definition) is 2. The molecule has 0 unspecified atom stereocenters. The van der Waals surface area contributed by atoms with Crippen LogP contribution >= 0.6 is 31.9 Å². The predicted molar refractivity (Wildman–Crippen MR) is 102 cm³/mol. The molecule has 4 heteroatoms. The molecule has 2 N–H and O–H groups in total. The smallest absolute Gasteiger partial charge is 0.0465 e. The molecule has 0 amide bonds. The highest BCUT2D eigenvalue weighted by Gasteiger charge is 2.10. The third-order valence-electron chi connectivity index (χ3n) is 3.93. The summed E-state index contributed by atoms with van der Waals surface area (Å²) >= 11 is 6.99. The summed E-state index contributed by atoms with van der Waals surface area (Å²) in [7, 11) is 0. The number of anilines is 1. The molecule has 4 rings (SSSR count). The van der Waals surface area contributed by atoms with E-state index in [4.69, 9.17) is 0 Å². The SMILES string of the molecule is Cc1cc2c(cc1Br)NCC2.Cc1cc2cc[nH]c2cc1Br. The molecule has 1 aliphatic heterocycles. The number of fused-ring (bicyclic) bond motifs is 2. The average molecular weight is 422 g/mol. The van der Waals surface area contributed by atoms with Gasteiger partial charge in [-0.25, -0.2) is 0 Å². The van der Waals surface area contributed by atoms with Gasteiger partial charge >= 0.3 is 0 Å². The molecule has 0 saturated carbocycles. The van der Waals surface area contributed by atoms with Crippen LogP contribution in [0.15, 0.2) is 45.5 Å². The summed E-state index contributed by atoms with van der Waals surface area (Å²) in [5.41, 5.74) is 6.53. The summed E-state index contributed by atoms with van der Waals surface area (Å²) in [6, 6.07) is 10.8. The topological polar surface area (TPSA) is 27.8 Å². The molecule has 0 aliphatic carbocycles. The number of rotatable bonds is 0. The zero-order valence-electron chi connectivity index (χ0n) is 12.6. The van der Waals surface area contributed by atoms with Gasteiger partial charge in [0.05, 0.1) is 0 Å². The second kappa shape index (κ2) is 6.47. The first-order valence-electron chi connectivity index (χ1n) is 7.31. The van der Waals surface area contributed by atoms with E-state index in [0.717, 1.165) is 11.0 Å². The fourth-order valence-corrected chi connectivity index (χ4v) is 3.32. The quantitative estimate of drug-likeness (QED) is 0.460. The van der Waals surface area contributed by atoms with Crippen LogP contribution in [0.25, 0.3) is 10.9 Å². The number of aromatic amines is 1. The monoisotopic (exact) mass is 420 g/mol. The maximum atomic E-state index is 3.51. The van der Waals surface area contributed by atoms with Crippen LogP contribution in [0, 0.1) is 13.8 Å². The van der Waals surface area contributed by atoms with Crippen LogP contribution in [0.5, 0.6) is 0 Å². The number of nitrogens with one attached hydrogen (secondary N) is 2. The van der Waals surface area contributed by atoms with Crippen LogP contribution in [-0.2, 0) is 6.42 Å². The van der Waals surface area contributed by atoms with Crippen molar-refractivity contribution in [1.82, 2.24) is 4.98 Å². The first-order valence-corrected chi connectivity index (χ1v) is 8.89. The van der Waals surface area contributed by atoms with Gasteiger partial charge in [-0.1, -0.05) is 37.9 Å². The zero-order valence-corrected chi connectivity index (χ0v) is 15.8. The normalized spacial score (nSPS) is 12.5. The third kappa shape index (κ3) is 3.23. The predicted octanol–water partition coefficient (Wildman–Crippen LogP) is 5.96. The Balaban J connectivity index is 0.000000131. The van der Waals surface area contributed by atoms with Crippen LogP contribution in [0.2, 0.25) is 0 Å². The van der Waals surface area contributed by atoms with Crippen LogP contribution in [0.1, 0.15) is 16.7 Å². The van der Waals surface area contributed by atoms with E-state index in [1.807, 2.05) is 6.20 Å². The van der Waals surface area contributed by atoms with Gasteiger partial charge in [-0.15, -0.1) is 0 Å². The Kier molecular flexibility index (Phi) is 4.59. The molecular weight excluding hydrogens is 404 g/mol. The molecule has 2 heterocycles. The number of aryl methyl sites for hydroxylation is 2. The van der Waals surface area contributed by atoms with E-state index in [1.165, 1.54) is 44.2 Å². The molecule has 0 saturated heterocycles. The summed E-state index contributed by atoms with van der Waals surface area (Å²) < 4.78 is 2.36. The Labute approximate surface area is 147 Å². The molecule has 0 bridgehead atoms. The van der Waals surface area contributed by atoms with E-state index in [9.17, 15) is 0 Å². The minimum atomic E-state index is 1.09. The minimum Gasteiger partial charge on any atom is -0.384 e. The van der Waals surface area contributed by atoms with E-state index in [-0.39, 0.29) is 0 Å². The van der Waals surface area contributed by atoms with Gasteiger partial charge in [-0.2, -0.15) is 0 Å². The van der Waals surface area contributed by atoms with Gasteiger partial charge in [0.25, 0.3) is 0 Å². The summed E-state index contributed by atoms with van der Waals surface area (Å²) in [5, 5.41) is 4.61. The van der Waals surface area contributed by atoms with Crippen molar-refractivity contribution in [2.24, 2.45) is 0 Å². The lowest BCUT2D eigenvalue weighted by molar-refractivity contribution is 1.10. The summed E-state index contributed by atoms with van der Waals surface area (Å²) in [6.45, 7) is 5.31. The summed E-state index contributed by atoms with van der Waals surface area (Å²) in [4.78, 5) is 3.16. The van der Waals surface area contributed by atoms with E-state index in [2.05, 4.69) is 86.3 Å². The number of H-pyrrole nitrogens is 1. The molecule has 114 valence electrons. The van der Waals surface area contributed by atoms with Crippen molar-refractivity contribution in [2.75, 3.05) is 11.9 Å². The first-order chi connectivity index (χ1) is 10.5. The molecule has 3 aromatic rings. The lowest BCUT2D eigenvalue weighted by Crippen LogP contribution is -1.90. The molecule has 0 spiro atoms. The Bertz CT molecular complexity index is 756. The van der Waals surface area contributed by atoms with Crippen LogP contribution < -0.4 is 5.32 Å². The van der Waals surface area contributed by atoms with E-state index < -0.39 is 0 Å². The van der Waals surface area contributed by atoms with Crippen molar-refractivity contribution >= 4 is 48.5 Å². The number of halogens is 2. The lowest BCUT2D eigenvalue weighted by atomic mass is 10.1. The highest BCUT2D eigenvalue weighted by atomic mass is 79.9. The van der Waals surface area contributed by atoms with Gasteiger partial charge in [0.2, 0.25) is 0 Å². The van der Waals surface area contributed by atoms with Crippen LogP contribution in [-0.4, -0.2) is 11.5 Å². The van der Waals surface area contributed by atoms with Crippen molar-refractivity contribution in [3.05, 3.63) is 62.2 Å². The van der Waals surface area contributed by atoms with E-state index >= 15 is 0 Å². The maximum Gasteiger partial charge on any atom is 0.0465 e. The minimum absolute atomic E-state index is 1.09. The van der Waals surface area contributed by atoms with Gasteiger partial charge in [-0.05, 0) is 66.6 Å². The van der Waals surface area contributed by atoms with Gasteiger partial charge in [0.15, 0.2) is 0 Å². The van der Waals surface area contributed by atoms with Crippen LogP contribution in [0.3, 0.4) is 0 Å². The number of hydrogen-bond acceptors (Lipinski definition) is 1. The molecule has 0 radical (unpaired) electrons. The second-order valence-corrected chi connectivity index (χ2v) is 7.31. The van der Waals surface area contributed by atoms with Crippen LogP contribution in [0.4, 0.5) is 5.69 Å². The third-order valence-corrected chi connectivity index (χ3v) is 5.64. The fourth-order valence-electron chi connectivity index (χ4n) is 2.63. The fraction of sp³-hybridized carbons (Fsp3) is 0.222. The maximum absolute atomic E-state index is 3.51. The molecule has 22 heavy (non-hydrogen) atoms. The largest absolute Gasteiger partial charge is 0.384 e. The molecule has 1 aromatic heterocycles. The van der Waals surface area contributed by atoms with Gasteiger partial charge in [0, 0.05) is 32.9 Å². The van der Waals surface area contributed by atoms with Crippen molar-refractivity contribution < 1.29 is 0 Å². The molecule has 2 nitrogen and oxygen atoms in total. The number of aromatic nitrogens is 1. The zero-order chi connectivity index (χ0) is 15.7. The Morgan fingerprint density at radius 3 is 2.50 bits per heavy atom. The van der Waals surface area contributed by atoms with Gasteiger partial charge in [-0.3, -0.25) is 0 Å². The summed E-state index contributed by atoms with van der Waals surface area (Å²) in [6.07, 6.45) is 3.12. The standard InChI is InChI=1S/C9H10BrN.C9H8BrN/c2*1-6-4-7-2-3-11-9(7)5-8(6)10/h4-5,11H,2-3H2,1H3;2-5,11H,1H3. The number of benzene rings is 2. The van der Waals surface area contributed by atoms with Crippen molar-refractivity contribution in [2.45, 2.75) is 20.3 Å². The Hall–Kier alpha value is -1.26. The van der Waals surface area contributed by atoms with E-state index in [1.54, 1.807) is 0 Å². The van der Waals surface area contributed by atoms with E-state index in [0.29, 0.717) is 0 Å². The highest BCUT2D eigenvalue weighted by Crippen LogP contribution is 2.28.